The Bertz CT molecular complexity index is 200. The summed E-state index contributed by atoms with van der Waals surface area (Å²) in [7, 11) is 0. The summed E-state index contributed by atoms with van der Waals surface area (Å²) in [5.74, 6) is 1.04. The predicted molar refractivity (Wildman–Crippen MR) is 65.1 cm³/mol. The zero-order chi connectivity index (χ0) is 11.8. The standard InChI is InChI=1S/C13H25NO2/c1-11(13(16)14-8-5-9-15)10-12-6-3-2-4-7-12/h11-12,15H,2-10H2,1H3,(H,14,16). The van der Waals surface area contributed by atoms with Crippen molar-refractivity contribution < 1.29 is 9.90 Å². The first kappa shape index (κ1) is 13.5. The summed E-state index contributed by atoms with van der Waals surface area (Å²) >= 11 is 0. The van der Waals surface area contributed by atoms with Gasteiger partial charge in [-0.3, -0.25) is 4.79 Å². The first-order valence-electron chi connectivity index (χ1n) is 6.62. The van der Waals surface area contributed by atoms with E-state index in [1.165, 1.54) is 32.1 Å². The summed E-state index contributed by atoms with van der Waals surface area (Å²) in [5.41, 5.74) is 0. The van der Waals surface area contributed by atoms with Gasteiger partial charge in [-0.1, -0.05) is 39.0 Å². The van der Waals surface area contributed by atoms with Crippen LogP contribution in [0.4, 0.5) is 0 Å². The molecule has 2 N–H and O–H groups in total. The Hall–Kier alpha value is -0.570. The van der Waals surface area contributed by atoms with Crippen LogP contribution >= 0.6 is 0 Å². The van der Waals surface area contributed by atoms with Crippen molar-refractivity contribution >= 4 is 5.91 Å². The summed E-state index contributed by atoms with van der Waals surface area (Å²) in [6.45, 7) is 2.77. The molecule has 1 aliphatic carbocycles. The Morgan fingerprint density at radius 3 is 2.69 bits per heavy atom. The average molecular weight is 227 g/mol. The largest absolute Gasteiger partial charge is 0.396 e. The molecule has 1 aliphatic rings. The van der Waals surface area contributed by atoms with E-state index < -0.39 is 0 Å². The number of hydrogen-bond acceptors (Lipinski definition) is 2. The lowest BCUT2D eigenvalue weighted by atomic mass is 9.83. The quantitative estimate of drug-likeness (QED) is 0.683. The second kappa shape index (κ2) is 7.66. The van der Waals surface area contributed by atoms with Crippen molar-refractivity contribution in [3.63, 3.8) is 0 Å². The molecule has 0 heterocycles. The molecule has 1 unspecified atom stereocenters. The molecular weight excluding hydrogens is 202 g/mol. The highest BCUT2D eigenvalue weighted by molar-refractivity contribution is 5.78. The van der Waals surface area contributed by atoms with E-state index in [9.17, 15) is 4.79 Å². The minimum atomic E-state index is 0.127. The van der Waals surface area contributed by atoms with E-state index in [-0.39, 0.29) is 18.4 Å². The minimum Gasteiger partial charge on any atom is -0.396 e. The average Bonchev–Trinajstić information content (AvgIpc) is 2.30. The molecule has 1 amide bonds. The van der Waals surface area contributed by atoms with Crippen LogP contribution in [0.2, 0.25) is 0 Å². The number of amides is 1. The molecule has 0 aliphatic heterocycles. The Morgan fingerprint density at radius 1 is 1.38 bits per heavy atom. The fourth-order valence-corrected chi connectivity index (χ4v) is 2.49. The van der Waals surface area contributed by atoms with Gasteiger partial charge in [-0.25, -0.2) is 0 Å². The lowest BCUT2D eigenvalue weighted by molar-refractivity contribution is -0.125. The molecule has 3 nitrogen and oxygen atoms in total. The van der Waals surface area contributed by atoms with Gasteiger partial charge in [-0.05, 0) is 18.8 Å². The highest BCUT2D eigenvalue weighted by Gasteiger charge is 2.20. The van der Waals surface area contributed by atoms with Crippen molar-refractivity contribution in [2.45, 2.75) is 51.9 Å². The maximum Gasteiger partial charge on any atom is 0.222 e. The number of aliphatic hydroxyl groups is 1. The molecule has 0 bridgehead atoms. The van der Waals surface area contributed by atoms with E-state index in [2.05, 4.69) is 5.32 Å². The number of nitrogens with one attached hydrogen (secondary N) is 1. The van der Waals surface area contributed by atoms with Crippen LogP contribution in [0.5, 0.6) is 0 Å². The fourth-order valence-electron chi connectivity index (χ4n) is 2.49. The summed E-state index contributed by atoms with van der Waals surface area (Å²) in [5, 5.41) is 11.5. The van der Waals surface area contributed by atoms with Crippen molar-refractivity contribution in [1.29, 1.82) is 0 Å². The maximum absolute atomic E-state index is 11.7. The highest BCUT2D eigenvalue weighted by Crippen LogP contribution is 2.28. The van der Waals surface area contributed by atoms with Gasteiger partial charge in [-0.15, -0.1) is 0 Å². The van der Waals surface area contributed by atoms with Crippen LogP contribution in [0.3, 0.4) is 0 Å². The number of carbonyl (C=O) groups is 1. The second-order valence-corrected chi connectivity index (χ2v) is 5.01. The van der Waals surface area contributed by atoms with Crippen molar-refractivity contribution in [3.05, 3.63) is 0 Å². The molecule has 1 atom stereocenters. The Morgan fingerprint density at radius 2 is 2.06 bits per heavy atom. The number of rotatable bonds is 6. The molecule has 0 saturated heterocycles. The normalized spacial score (nSPS) is 19.4. The molecule has 94 valence electrons. The zero-order valence-corrected chi connectivity index (χ0v) is 10.4. The topological polar surface area (TPSA) is 49.3 Å². The lowest BCUT2D eigenvalue weighted by Gasteiger charge is -2.24. The Labute approximate surface area is 98.6 Å². The zero-order valence-electron chi connectivity index (χ0n) is 10.4. The molecule has 3 heteroatoms. The maximum atomic E-state index is 11.7. The van der Waals surface area contributed by atoms with Crippen molar-refractivity contribution in [3.8, 4) is 0 Å². The van der Waals surface area contributed by atoms with Crippen LogP contribution in [0, 0.1) is 11.8 Å². The van der Waals surface area contributed by atoms with Gasteiger partial charge < -0.3 is 10.4 Å². The van der Waals surface area contributed by atoms with Crippen LogP contribution in [0.1, 0.15) is 51.9 Å². The van der Waals surface area contributed by atoms with Gasteiger partial charge in [0.25, 0.3) is 0 Å². The van der Waals surface area contributed by atoms with Gasteiger partial charge in [0.1, 0.15) is 0 Å². The van der Waals surface area contributed by atoms with Gasteiger partial charge in [0.05, 0.1) is 0 Å². The lowest BCUT2D eigenvalue weighted by Crippen LogP contribution is -2.31. The van der Waals surface area contributed by atoms with Crippen LogP contribution in [0.15, 0.2) is 0 Å². The molecular formula is C13H25NO2. The monoisotopic (exact) mass is 227 g/mol. The van der Waals surface area contributed by atoms with Crippen molar-refractivity contribution in [2.24, 2.45) is 11.8 Å². The van der Waals surface area contributed by atoms with Gasteiger partial charge >= 0.3 is 0 Å². The van der Waals surface area contributed by atoms with Crippen molar-refractivity contribution in [2.75, 3.05) is 13.2 Å². The third-order valence-corrected chi connectivity index (χ3v) is 3.49. The second-order valence-electron chi connectivity index (χ2n) is 5.01. The van der Waals surface area contributed by atoms with Crippen molar-refractivity contribution in [1.82, 2.24) is 5.32 Å². The molecule has 16 heavy (non-hydrogen) atoms. The van der Waals surface area contributed by atoms with Gasteiger partial charge in [0, 0.05) is 19.1 Å². The van der Waals surface area contributed by atoms with Gasteiger partial charge in [-0.2, -0.15) is 0 Å². The summed E-state index contributed by atoms with van der Waals surface area (Å²) in [4.78, 5) is 11.7. The predicted octanol–water partition coefficient (Wildman–Crippen LogP) is 2.09. The minimum absolute atomic E-state index is 0.127. The summed E-state index contributed by atoms with van der Waals surface area (Å²) in [6, 6.07) is 0. The van der Waals surface area contributed by atoms with E-state index in [0.717, 1.165) is 12.3 Å². The molecule has 0 radical (unpaired) electrons. The van der Waals surface area contributed by atoms with Crippen LogP contribution < -0.4 is 5.32 Å². The third-order valence-electron chi connectivity index (χ3n) is 3.49. The fraction of sp³-hybridized carbons (Fsp3) is 0.923. The highest BCUT2D eigenvalue weighted by atomic mass is 16.3. The number of carbonyl (C=O) groups excluding carboxylic acids is 1. The SMILES string of the molecule is CC(CC1CCCCC1)C(=O)NCCCO. The first-order chi connectivity index (χ1) is 7.74. The Balaban J connectivity index is 2.16. The van der Waals surface area contributed by atoms with E-state index in [1.807, 2.05) is 6.92 Å². The third kappa shape index (κ3) is 4.97. The van der Waals surface area contributed by atoms with Crippen LogP contribution in [0.25, 0.3) is 0 Å². The molecule has 1 fully saturated rings. The molecule has 0 aromatic rings. The molecule has 0 spiro atoms. The molecule has 0 aromatic heterocycles. The van der Waals surface area contributed by atoms with Crippen LogP contribution in [-0.2, 0) is 4.79 Å². The summed E-state index contributed by atoms with van der Waals surface area (Å²) < 4.78 is 0. The van der Waals surface area contributed by atoms with Gasteiger partial charge in [0.2, 0.25) is 5.91 Å². The van der Waals surface area contributed by atoms with E-state index >= 15 is 0 Å². The van der Waals surface area contributed by atoms with E-state index in [1.54, 1.807) is 0 Å². The Kier molecular flexibility index (Phi) is 6.46. The van der Waals surface area contributed by atoms with Gasteiger partial charge in [0.15, 0.2) is 0 Å². The summed E-state index contributed by atoms with van der Waals surface area (Å²) in [6.07, 6.45) is 8.33. The van der Waals surface area contributed by atoms with Crippen LogP contribution in [-0.4, -0.2) is 24.2 Å². The number of aliphatic hydroxyl groups excluding tert-OH is 1. The molecule has 1 saturated carbocycles. The number of hydrogen-bond donors (Lipinski definition) is 2. The molecule has 1 rings (SSSR count). The first-order valence-corrected chi connectivity index (χ1v) is 6.62. The molecule has 0 aromatic carbocycles. The van der Waals surface area contributed by atoms with E-state index in [0.29, 0.717) is 13.0 Å². The smallest absolute Gasteiger partial charge is 0.222 e. The van der Waals surface area contributed by atoms with E-state index in [4.69, 9.17) is 5.11 Å².